The second-order valence-corrected chi connectivity index (χ2v) is 6.26. The molecule has 0 unspecified atom stereocenters. The molecule has 1 saturated heterocycles. The molecule has 3 nitrogen and oxygen atoms in total. The van der Waals surface area contributed by atoms with Gasteiger partial charge in [0.05, 0.1) is 0 Å². The lowest BCUT2D eigenvalue weighted by Gasteiger charge is -2.38. The minimum Gasteiger partial charge on any atom is -0.288 e. The van der Waals surface area contributed by atoms with Crippen LogP contribution in [0.3, 0.4) is 0 Å². The lowest BCUT2D eigenvalue weighted by atomic mass is 9.99. The van der Waals surface area contributed by atoms with E-state index in [4.69, 9.17) is 0 Å². The molecule has 1 aliphatic carbocycles. The van der Waals surface area contributed by atoms with Crippen molar-refractivity contribution >= 4 is 5.91 Å². The van der Waals surface area contributed by atoms with E-state index in [0.717, 1.165) is 12.3 Å². The second-order valence-electron chi connectivity index (χ2n) is 6.26. The monoisotopic (exact) mass is 252 g/mol. The van der Waals surface area contributed by atoms with Gasteiger partial charge in [-0.2, -0.15) is 0 Å². The van der Waals surface area contributed by atoms with Crippen LogP contribution in [0.5, 0.6) is 0 Å². The first-order valence-electron chi connectivity index (χ1n) is 7.74. The van der Waals surface area contributed by atoms with E-state index in [0.29, 0.717) is 18.5 Å². The molecular weight excluding hydrogens is 224 g/mol. The molecule has 0 aromatic heterocycles. The molecule has 0 spiro atoms. The Labute approximate surface area is 111 Å². The van der Waals surface area contributed by atoms with Crippen molar-refractivity contribution in [2.24, 2.45) is 5.92 Å². The Bertz CT molecular complexity index is 264. The molecule has 0 radical (unpaired) electrons. The molecule has 1 N–H and O–H groups in total. The Hall–Kier alpha value is -0.570. The maximum Gasteiger partial charge on any atom is 0.234 e. The van der Waals surface area contributed by atoms with Gasteiger partial charge in [0.2, 0.25) is 5.91 Å². The van der Waals surface area contributed by atoms with Crippen LogP contribution in [0.1, 0.15) is 71.6 Å². The third-order valence-electron chi connectivity index (χ3n) is 4.70. The van der Waals surface area contributed by atoms with Crippen LogP contribution in [-0.4, -0.2) is 23.0 Å². The van der Waals surface area contributed by atoms with Crippen molar-refractivity contribution in [2.75, 3.05) is 0 Å². The van der Waals surface area contributed by atoms with Crippen LogP contribution >= 0.6 is 0 Å². The summed E-state index contributed by atoms with van der Waals surface area (Å²) in [6, 6.07) is 0.980. The van der Waals surface area contributed by atoms with E-state index in [1.54, 1.807) is 0 Å². The summed E-state index contributed by atoms with van der Waals surface area (Å²) in [4.78, 5) is 12.0. The van der Waals surface area contributed by atoms with Crippen molar-refractivity contribution in [3.63, 3.8) is 0 Å². The lowest BCUT2D eigenvalue weighted by molar-refractivity contribution is -0.129. The zero-order valence-corrected chi connectivity index (χ0v) is 12.0. The summed E-state index contributed by atoms with van der Waals surface area (Å²) in [6.45, 7) is 4.43. The van der Waals surface area contributed by atoms with Gasteiger partial charge in [0.25, 0.3) is 0 Å². The highest BCUT2D eigenvalue weighted by Gasteiger charge is 2.26. The molecule has 0 aromatic carbocycles. The first-order chi connectivity index (χ1) is 8.66. The Morgan fingerprint density at radius 2 is 1.67 bits per heavy atom. The van der Waals surface area contributed by atoms with Crippen molar-refractivity contribution in [3.8, 4) is 0 Å². The molecule has 1 saturated carbocycles. The van der Waals surface area contributed by atoms with Gasteiger partial charge in [-0.25, -0.2) is 5.01 Å². The largest absolute Gasteiger partial charge is 0.288 e. The van der Waals surface area contributed by atoms with E-state index in [-0.39, 0.29) is 5.91 Å². The molecular formula is C15H28N2O. The maximum atomic E-state index is 12.0. The zero-order valence-electron chi connectivity index (χ0n) is 12.0. The summed E-state index contributed by atoms with van der Waals surface area (Å²) in [7, 11) is 0. The summed E-state index contributed by atoms with van der Waals surface area (Å²) >= 11 is 0. The summed E-state index contributed by atoms with van der Waals surface area (Å²) in [5, 5.41) is 2.18. The van der Waals surface area contributed by atoms with Gasteiger partial charge in [0.1, 0.15) is 0 Å². The first-order valence-corrected chi connectivity index (χ1v) is 7.74. The number of piperidine rings is 1. The molecule has 1 aliphatic heterocycles. The summed E-state index contributed by atoms with van der Waals surface area (Å²) in [5.41, 5.74) is 3.14. The van der Waals surface area contributed by atoms with E-state index in [9.17, 15) is 4.79 Å². The molecule has 2 atom stereocenters. The third kappa shape index (κ3) is 3.71. The maximum absolute atomic E-state index is 12.0. The van der Waals surface area contributed by atoms with Crippen LogP contribution in [0.4, 0.5) is 0 Å². The number of nitrogens with zero attached hydrogens (tertiary/aromatic N) is 1. The number of carbonyl (C=O) groups excluding carboxylic acids is 1. The molecule has 104 valence electrons. The fraction of sp³-hybridized carbons (Fsp3) is 0.933. The van der Waals surface area contributed by atoms with Crippen LogP contribution in [0.25, 0.3) is 0 Å². The average molecular weight is 252 g/mol. The number of nitrogens with one attached hydrogen (secondary N) is 1. The van der Waals surface area contributed by atoms with Gasteiger partial charge in [0.15, 0.2) is 0 Å². The van der Waals surface area contributed by atoms with Crippen molar-refractivity contribution < 1.29 is 4.79 Å². The predicted molar refractivity (Wildman–Crippen MR) is 73.9 cm³/mol. The highest BCUT2D eigenvalue weighted by molar-refractivity contribution is 5.75. The third-order valence-corrected chi connectivity index (χ3v) is 4.70. The van der Waals surface area contributed by atoms with Crippen LogP contribution in [0.2, 0.25) is 0 Å². The summed E-state index contributed by atoms with van der Waals surface area (Å²) in [5.74, 6) is 1.04. The minimum atomic E-state index is 0.225. The minimum absolute atomic E-state index is 0.225. The van der Waals surface area contributed by atoms with Crippen molar-refractivity contribution in [2.45, 2.75) is 83.7 Å². The number of hydrogen-bond acceptors (Lipinski definition) is 2. The Kier molecular flexibility index (Phi) is 5.04. The number of hydrazine groups is 1. The van der Waals surface area contributed by atoms with Crippen LogP contribution in [0.15, 0.2) is 0 Å². The van der Waals surface area contributed by atoms with Gasteiger partial charge >= 0.3 is 0 Å². The Morgan fingerprint density at radius 1 is 1.06 bits per heavy atom. The quantitative estimate of drug-likeness (QED) is 0.833. The van der Waals surface area contributed by atoms with Crippen LogP contribution in [0, 0.1) is 5.92 Å². The zero-order chi connectivity index (χ0) is 13.0. The molecule has 3 heteroatoms. The van der Waals surface area contributed by atoms with E-state index in [1.165, 1.54) is 44.9 Å². The SMILES string of the molecule is C[C@@H]1CCC[C@H](C)N1NC(=O)CCC1CCCC1. The van der Waals surface area contributed by atoms with Crippen molar-refractivity contribution in [3.05, 3.63) is 0 Å². The Balaban J connectivity index is 1.71. The van der Waals surface area contributed by atoms with Crippen molar-refractivity contribution in [1.82, 2.24) is 10.4 Å². The molecule has 0 bridgehead atoms. The second kappa shape index (κ2) is 6.55. The van der Waals surface area contributed by atoms with Gasteiger partial charge in [0, 0.05) is 18.5 Å². The molecule has 2 aliphatic rings. The van der Waals surface area contributed by atoms with Gasteiger partial charge < -0.3 is 0 Å². The van der Waals surface area contributed by atoms with E-state index >= 15 is 0 Å². The highest BCUT2D eigenvalue weighted by atomic mass is 16.2. The standard InChI is InChI=1S/C15H28N2O/c1-12-6-5-7-13(2)17(12)16-15(18)11-10-14-8-3-4-9-14/h12-14H,3-11H2,1-2H3,(H,16,18)/t12-,13+. The lowest BCUT2D eigenvalue weighted by Crippen LogP contribution is -2.54. The highest BCUT2D eigenvalue weighted by Crippen LogP contribution is 2.28. The van der Waals surface area contributed by atoms with E-state index in [2.05, 4.69) is 24.3 Å². The molecule has 0 aromatic rings. The van der Waals surface area contributed by atoms with Gasteiger partial charge in [-0.15, -0.1) is 0 Å². The molecule has 1 heterocycles. The van der Waals surface area contributed by atoms with Crippen LogP contribution < -0.4 is 5.43 Å². The van der Waals surface area contributed by atoms with E-state index in [1.807, 2.05) is 0 Å². The van der Waals surface area contributed by atoms with Crippen molar-refractivity contribution in [1.29, 1.82) is 0 Å². The van der Waals surface area contributed by atoms with Gasteiger partial charge in [-0.05, 0) is 39.0 Å². The normalized spacial score (nSPS) is 30.6. The topological polar surface area (TPSA) is 32.3 Å². The predicted octanol–water partition coefficient (Wildman–Crippen LogP) is 3.25. The summed E-state index contributed by atoms with van der Waals surface area (Å²) < 4.78 is 0. The fourth-order valence-electron chi connectivity index (χ4n) is 3.48. The molecule has 1 amide bonds. The number of amides is 1. The van der Waals surface area contributed by atoms with Gasteiger partial charge in [-0.3, -0.25) is 10.2 Å². The number of carbonyl (C=O) groups is 1. The fourth-order valence-corrected chi connectivity index (χ4v) is 3.48. The molecule has 18 heavy (non-hydrogen) atoms. The first kappa shape index (κ1) is 13.9. The van der Waals surface area contributed by atoms with Crippen LogP contribution in [-0.2, 0) is 4.79 Å². The van der Waals surface area contributed by atoms with Gasteiger partial charge in [-0.1, -0.05) is 32.1 Å². The number of hydrogen-bond donors (Lipinski definition) is 1. The van der Waals surface area contributed by atoms with E-state index < -0.39 is 0 Å². The smallest absolute Gasteiger partial charge is 0.234 e. The molecule has 2 fully saturated rings. The number of rotatable bonds is 4. The molecule has 2 rings (SSSR count). The average Bonchev–Trinajstić information content (AvgIpc) is 2.84. The Morgan fingerprint density at radius 3 is 2.28 bits per heavy atom. The summed E-state index contributed by atoms with van der Waals surface area (Å²) in [6.07, 6.45) is 10.9.